The number of hydrogen-bond acceptors (Lipinski definition) is 0. The molecule has 0 radical (unpaired) electrons. The average molecular weight is 232 g/mol. The van der Waals surface area contributed by atoms with E-state index in [0.717, 1.165) is 0 Å². The molecule has 1 atom stereocenters. The second-order valence-electron chi connectivity index (χ2n) is 7.24. The molecule has 1 aromatic rings. The van der Waals surface area contributed by atoms with E-state index in [4.69, 9.17) is 0 Å². The van der Waals surface area contributed by atoms with E-state index in [9.17, 15) is 0 Å². The highest BCUT2D eigenvalue weighted by Crippen LogP contribution is 2.57. The minimum Gasteiger partial charge on any atom is -0.0688 e. The molecule has 16 heavy (non-hydrogen) atoms. The molecule has 0 amide bonds. The number of benzene rings is 1. The van der Waals surface area contributed by atoms with Crippen molar-refractivity contribution in [1.82, 2.24) is 0 Å². The number of hydrogen-bond donors (Lipinski definition) is 0. The van der Waals surface area contributed by atoms with Crippen molar-refractivity contribution in [1.29, 1.82) is 0 Å². The second kappa shape index (κ2) is 3.22. The van der Waals surface area contributed by atoms with E-state index in [2.05, 4.69) is 64.7 Å². The molecule has 0 fully saturated rings. The Hall–Kier alpha value is -0.563. The van der Waals surface area contributed by atoms with Crippen molar-refractivity contribution in [2.24, 2.45) is 5.41 Å². The second-order valence-corrected chi connectivity index (χ2v) is 12.6. The van der Waals surface area contributed by atoms with E-state index in [1.165, 1.54) is 6.42 Å². The van der Waals surface area contributed by atoms with Crippen LogP contribution >= 0.6 is 0 Å². The summed E-state index contributed by atoms with van der Waals surface area (Å²) in [6.45, 7) is 14.8. The van der Waals surface area contributed by atoms with Crippen molar-refractivity contribution in [2.75, 3.05) is 0 Å². The Kier molecular flexibility index (Phi) is 2.40. The van der Waals surface area contributed by atoms with E-state index >= 15 is 0 Å². The summed E-state index contributed by atoms with van der Waals surface area (Å²) in [5.74, 6) is 0. The summed E-state index contributed by atoms with van der Waals surface area (Å²) >= 11 is 0. The average Bonchev–Trinajstić information content (AvgIpc) is 2.02. The van der Waals surface area contributed by atoms with Gasteiger partial charge in [-0.1, -0.05) is 64.7 Å². The van der Waals surface area contributed by atoms with Crippen molar-refractivity contribution in [2.45, 2.75) is 51.9 Å². The Balaban J connectivity index is 2.60. The zero-order valence-corrected chi connectivity index (χ0v) is 12.5. The van der Waals surface area contributed by atoms with E-state index in [0.29, 0.717) is 10.5 Å². The molecule has 0 aliphatic heterocycles. The van der Waals surface area contributed by atoms with Crippen LogP contribution in [0.3, 0.4) is 0 Å². The van der Waals surface area contributed by atoms with Crippen LogP contribution in [-0.2, 0) is 11.5 Å². The topological polar surface area (TPSA) is 0 Å². The third-order valence-corrected chi connectivity index (χ3v) is 8.25. The van der Waals surface area contributed by atoms with Crippen LogP contribution in [0.4, 0.5) is 0 Å². The van der Waals surface area contributed by atoms with Crippen LogP contribution in [0.5, 0.6) is 0 Å². The predicted octanol–water partition coefficient (Wildman–Crippen LogP) is 4.40. The summed E-state index contributed by atoms with van der Waals surface area (Å²) in [6.07, 6.45) is 1.29. The highest BCUT2D eigenvalue weighted by molar-refractivity contribution is 6.79. The first kappa shape index (κ1) is 11.9. The van der Waals surface area contributed by atoms with Gasteiger partial charge >= 0.3 is 0 Å². The first-order valence-electron chi connectivity index (χ1n) is 6.28. The van der Waals surface area contributed by atoms with Gasteiger partial charge in [-0.2, -0.15) is 0 Å². The van der Waals surface area contributed by atoms with E-state index in [-0.39, 0.29) is 0 Å². The maximum Gasteiger partial charge on any atom is 0.0568 e. The van der Waals surface area contributed by atoms with E-state index in [1.807, 2.05) is 0 Å². The highest BCUT2D eigenvalue weighted by atomic mass is 28.3. The molecule has 0 nitrogen and oxygen atoms in total. The van der Waals surface area contributed by atoms with Crippen molar-refractivity contribution in [3.8, 4) is 0 Å². The van der Waals surface area contributed by atoms with Gasteiger partial charge in [-0.3, -0.25) is 0 Å². The SMILES string of the molecule is CC(C)(C)C1([Si](C)(C)C)Cc2ccccc21. The Morgan fingerprint density at radius 3 is 2.06 bits per heavy atom. The van der Waals surface area contributed by atoms with Gasteiger partial charge in [0.15, 0.2) is 0 Å². The van der Waals surface area contributed by atoms with Crippen LogP contribution < -0.4 is 0 Å². The minimum absolute atomic E-state index is 0.381. The number of rotatable bonds is 1. The molecule has 0 heterocycles. The lowest BCUT2D eigenvalue weighted by Gasteiger charge is -2.60. The summed E-state index contributed by atoms with van der Waals surface area (Å²) in [5, 5.41) is 0.469. The Labute approximate surface area is 101 Å². The Morgan fingerprint density at radius 1 is 1.06 bits per heavy atom. The molecular weight excluding hydrogens is 208 g/mol. The quantitative estimate of drug-likeness (QED) is 0.629. The smallest absolute Gasteiger partial charge is 0.0568 e. The van der Waals surface area contributed by atoms with Crippen LogP contribution in [0.25, 0.3) is 0 Å². The van der Waals surface area contributed by atoms with Crippen molar-refractivity contribution in [3.63, 3.8) is 0 Å². The maximum absolute atomic E-state index is 2.52. The van der Waals surface area contributed by atoms with Gasteiger partial charge in [0.25, 0.3) is 0 Å². The largest absolute Gasteiger partial charge is 0.0688 e. The van der Waals surface area contributed by atoms with Gasteiger partial charge in [-0.05, 0) is 28.0 Å². The molecule has 1 heteroatoms. The monoisotopic (exact) mass is 232 g/mol. The first-order chi connectivity index (χ1) is 7.20. The predicted molar refractivity (Wildman–Crippen MR) is 74.6 cm³/mol. The lowest BCUT2D eigenvalue weighted by molar-refractivity contribution is 0.231. The van der Waals surface area contributed by atoms with Gasteiger partial charge in [-0.15, -0.1) is 0 Å². The van der Waals surface area contributed by atoms with Gasteiger partial charge in [0, 0.05) is 0 Å². The molecule has 0 N–H and O–H groups in total. The van der Waals surface area contributed by atoms with Crippen molar-refractivity contribution in [3.05, 3.63) is 35.4 Å². The van der Waals surface area contributed by atoms with Crippen LogP contribution in [-0.4, -0.2) is 8.07 Å². The molecule has 1 aliphatic rings. The van der Waals surface area contributed by atoms with Gasteiger partial charge in [0.2, 0.25) is 0 Å². The minimum atomic E-state index is -1.21. The molecule has 0 saturated heterocycles. The molecule has 0 aromatic heterocycles. The lowest BCUT2D eigenvalue weighted by atomic mass is 9.63. The van der Waals surface area contributed by atoms with Crippen molar-refractivity contribution < 1.29 is 0 Å². The lowest BCUT2D eigenvalue weighted by Crippen LogP contribution is -2.63. The summed E-state index contributed by atoms with van der Waals surface area (Å²) < 4.78 is 0. The van der Waals surface area contributed by atoms with Crippen molar-refractivity contribution >= 4 is 8.07 Å². The molecular formula is C15H24Si. The highest BCUT2D eigenvalue weighted by Gasteiger charge is 2.57. The standard InChI is InChI=1S/C15H24Si/c1-14(2,3)15(16(4,5)6)11-12-9-7-8-10-13(12)15/h7-10H,11H2,1-6H3. The fraction of sp³-hybridized carbons (Fsp3) is 0.600. The van der Waals surface area contributed by atoms with Gasteiger partial charge in [0.1, 0.15) is 0 Å². The first-order valence-corrected chi connectivity index (χ1v) is 9.78. The molecule has 0 bridgehead atoms. The molecule has 0 saturated carbocycles. The maximum atomic E-state index is 2.52. The molecule has 0 spiro atoms. The van der Waals surface area contributed by atoms with Crippen LogP contribution in [0.2, 0.25) is 19.6 Å². The summed E-state index contributed by atoms with van der Waals surface area (Å²) in [6, 6.07) is 9.05. The third-order valence-electron chi connectivity index (χ3n) is 4.49. The molecule has 1 aliphatic carbocycles. The van der Waals surface area contributed by atoms with Gasteiger partial charge in [0.05, 0.1) is 8.07 Å². The molecule has 1 aromatic carbocycles. The van der Waals surface area contributed by atoms with Crippen LogP contribution in [0.1, 0.15) is 31.9 Å². The van der Waals surface area contributed by atoms with Crippen LogP contribution in [0.15, 0.2) is 24.3 Å². The van der Waals surface area contributed by atoms with E-state index < -0.39 is 8.07 Å². The summed E-state index contributed by atoms with van der Waals surface area (Å²) in [5.41, 5.74) is 3.60. The fourth-order valence-corrected chi connectivity index (χ4v) is 7.85. The molecule has 88 valence electrons. The van der Waals surface area contributed by atoms with E-state index in [1.54, 1.807) is 11.1 Å². The zero-order valence-electron chi connectivity index (χ0n) is 11.5. The molecule has 2 rings (SSSR count). The normalized spacial score (nSPS) is 24.9. The fourth-order valence-electron chi connectivity index (χ4n) is 3.83. The third kappa shape index (κ3) is 1.34. The zero-order chi connectivity index (χ0) is 12.2. The number of fused-ring (bicyclic) bond motifs is 1. The Bertz CT molecular complexity index is 390. The van der Waals surface area contributed by atoms with Gasteiger partial charge < -0.3 is 0 Å². The van der Waals surface area contributed by atoms with Crippen LogP contribution in [0, 0.1) is 5.41 Å². The molecule has 1 unspecified atom stereocenters. The summed E-state index contributed by atoms with van der Waals surface area (Å²) in [4.78, 5) is 0. The Morgan fingerprint density at radius 2 is 1.62 bits per heavy atom. The summed E-state index contributed by atoms with van der Waals surface area (Å²) in [7, 11) is -1.21. The van der Waals surface area contributed by atoms with Gasteiger partial charge in [-0.25, -0.2) is 0 Å².